The van der Waals surface area contributed by atoms with Crippen molar-refractivity contribution in [2.45, 2.75) is 119 Å². The Labute approximate surface area is 470 Å². The number of fused-ring (bicyclic) bond motifs is 1. The molecule has 2 aromatic carbocycles. The first kappa shape index (κ1) is 66.6. The lowest BCUT2D eigenvalue weighted by atomic mass is 10.0. The van der Waals surface area contributed by atoms with Gasteiger partial charge >= 0.3 is 11.9 Å². The number of hydrogen-bond acceptors (Lipinski definition) is 18. The van der Waals surface area contributed by atoms with Gasteiger partial charge in [0.05, 0.1) is 19.1 Å². The van der Waals surface area contributed by atoms with Crippen LogP contribution in [0.15, 0.2) is 59.7 Å². The number of aromatic amines is 1. The van der Waals surface area contributed by atoms with Crippen LogP contribution in [0, 0.1) is 0 Å². The number of aliphatic hydroxyl groups is 2. The Morgan fingerprint density at radius 3 is 1.66 bits per heavy atom. The number of aliphatic carboxylic acids is 2. The largest absolute Gasteiger partial charge is 0.508 e. The first-order valence-corrected chi connectivity index (χ1v) is 26.4. The summed E-state index contributed by atoms with van der Waals surface area (Å²) in [4.78, 5) is 141. The zero-order chi connectivity index (χ0) is 59.6. The van der Waals surface area contributed by atoms with E-state index in [-0.39, 0.29) is 62.7 Å². The van der Waals surface area contributed by atoms with E-state index in [0.717, 1.165) is 6.92 Å². The van der Waals surface area contributed by atoms with Crippen molar-refractivity contribution in [3.63, 3.8) is 0 Å². The molecule has 10 atom stereocenters. The number of nitrogens with zero attached hydrogens (tertiary/aromatic N) is 1. The Balaban J connectivity index is 2.02. The number of rotatable bonds is 35. The molecule has 80 heavy (non-hydrogen) atoms. The van der Waals surface area contributed by atoms with Crippen LogP contribution in [0.3, 0.4) is 0 Å². The van der Waals surface area contributed by atoms with E-state index >= 15 is 0 Å². The molecule has 0 aliphatic rings. The van der Waals surface area contributed by atoms with Gasteiger partial charge in [0.25, 0.3) is 0 Å². The van der Waals surface area contributed by atoms with Gasteiger partial charge in [0, 0.05) is 48.0 Å². The van der Waals surface area contributed by atoms with Crippen molar-refractivity contribution in [3.8, 4) is 5.75 Å². The molecule has 29 nitrogen and oxygen atoms in total. The second kappa shape index (κ2) is 33.7. The molecule has 10 unspecified atom stereocenters. The second-order valence-corrected chi connectivity index (χ2v) is 19.1. The van der Waals surface area contributed by atoms with Gasteiger partial charge in [0.2, 0.25) is 47.3 Å². The Morgan fingerprint density at radius 1 is 0.625 bits per heavy atom. The van der Waals surface area contributed by atoms with Crippen molar-refractivity contribution in [2.75, 3.05) is 31.2 Å². The minimum absolute atomic E-state index is 0.0348. The van der Waals surface area contributed by atoms with Gasteiger partial charge in [-0.05, 0) is 74.9 Å². The maximum Gasteiger partial charge on any atom is 0.326 e. The number of nitrogens with one attached hydrogen (secondary N) is 9. The molecule has 1 heterocycles. The highest BCUT2D eigenvalue weighted by Gasteiger charge is 2.36. The third-order valence-corrected chi connectivity index (χ3v) is 12.9. The summed E-state index contributed by atoms with van der Waals surface area (Å²) in [5.41, 5.74) is 23.5. The molecule has 0 aliphatic carbocycles. The number of phenols is 1. The maximum absolute atomic E-state index is 14.7. The van der Waals surface area contributed by atoms with Gasteiger partial charge < -0.3 is 96.0 Å². The maximum atomic E-state index is 14.7. The van der Waals surface area contributed by atoms with E-state index in [1.165, 1.54) is 24.3 Å². The highest BCUT2D eigenvalue weighted by Crippen LogP contribution is 2.20. The fraction of sp³-hybridized carbons (Fsp3) is 0.490. The number of aromatic hydroxyl groups is 1. The number of carboxylic acids is 2. The molecule has 1 aromatic heterocycles. The Morgan fingerprint density at radius 2 is 1.12 bits per heavy atom. The third-order valence-electron chi connectivity index (χ3n) is 12.1. The van der Waals surface area contributed by atoms with Gasteiger partial charge in [-0.25, -0.2) is 4.79 Å². The number of aliphatic hydroxyl groups excluding tert-OH is 2. The van der Waals surface area contributed by atoms with Gasteiger partial charge in [-0.2, -0.15) is 25.3 Å². The minimum atomic E-state index is -1.95. The summed E-state index contributed by atoms with van der Waals surface area (Å²) >= 11 is 8.26. The second-order valence-electron chi connectivity index (χ2n) is 18.4. The number of hydrogen-bond donors (Lipinski definition) is 20. The zero-order valence-electron chi connectivity index (χ0n) is 43.6. The standard InChI is InChI=1S/C49H72N14O15S2/c1-24(65)39(63-40(69)29(51)21-64)47(76)56-31(10-6-16-54-49(52)53)41(70)58-33(17-25-11-13-27(66)14-12-25)42(71)59-34(18-26-20-55-30-8-3-2-7-28(26)30)43(72)60-35(19-38(67)68)44(73)61-37(23-80)46(75)62-36(22-79)45(74)57-32(48(77)78)9-4-5-15-50/h2-3,7-8,11-14,20,24,29,31-37,39,55,64-66,79-80H,4-6,9-10,15-19,21-23,50-51H2,1H3,(H,56,76)(H,57,74)(H,58,70)(H,59,71)(H,60,72)(H,61,73)(H,62,75)(H,63,69)(H,67,68)(H,77,78)(H4,52,53,54). The van der Waals surface area contributed by atoms with Crippen LogP contribution in [-0.2, 0) is 60.8 Å². The van der Waals surface area contributed by atoms with Crippen molar-refractivity contribution >= 4 is 101 Å². The summed E-state index contributed by atoms with van der Waals surface area (Å²) < 4.78 is 0. The molecule has 0 bridgehead atoms. The fourth-order valence-electron chi connectivity index (χ4n) is 7.75. The molecule has 22 N–H and O–H groups in total. The lowest BCUT2D eigenvalue weighted by Crippen LogP contribution is -2.62. The predicted octanol–water partition coefficient (Wildman–Crippen LogP) is -5.16. The average molecular weight is 1160 g/mol. The smallest absolute Gasteiger partial charge is 0.326 e. The molecular formula is C49H72N14O15S2. The molecular weight excluding hydrogens is 1090 g/mol. The predicted molar refractivity (Wildman–Crippen MR) is 296 cm³/mol. The quantitative estimate of drug-likeness (QED) is 0.0113. The monoisotopic (exact) mass is 1160 g/mol. The summed E-state index contributed by atoms with van der Waals surface area (Å²) in [7, 11) is 0. The van der Waals surface area contributed by atoms with E-state index in [2.05, 4.69) is 77.8 Å². The summed E-state index contributed by atoms with van der Waals surface area (Å²) in [5, 5.41) is 69.2. The number of H-pyrrole nitrogens is 1. The number of carbonyl (C=O) groups is 10. The number of unbranched alkanes of at least 4 members (excludes halogenated alkanes) is 1. The number of thiol groups is 2. The highest BCUT2D eigenvalue weighted by molar-refractivity contribution is 7.80. The van der Waals surface area contributed by atoms with Crippen LogP contribution in [0.25, 0.3) is 10.9 Å². The number of aliphatic imine (C=N–C) groups is 1. The number of aromatic nitrogens is 1. The number of nitrogens with two attached hydrogens (primary N) is 4. The Bertz CT molecular complexity index is 2640. The summed E-state index contributed by atoms with van der Waals surface area (Å²) in [6.45, 7) is 0.603. The van der Waals surface area contributed by atoms with E-state index in [0.29, 0.717) is 34.9 Å². The lowest BCUT2D eigenvalue weighted by molar-refractivity contribution is -0.142. The van der Waals surface area contributed by atoms with Crippen LogP contribution in [-0.4, -0.2) is 187 Å². The molecule has 440 valence electrons. The number of benzene rings is 2. The van der Waals surface area contributed by atoms with Gasteiger partial charge in [-0.15, -0.1) is 0 Å². The molecule has 3 aromatic rings. The molecule has 0 radical (unpaired) electrons. The van der Waals surface area contributed by atoms with Crippen molar-refractivity contribution < 1.29 is 73.5 Å². The van der Waals surface area contributed by atoms with E-state index in [4.69, 9.17) is 22.9 Å². The van der Waals surface area contributed by atoms with Crippen molar-refractivity contribution in [1.82, 2.24) is 47.5 Å². The molecule has 31 heteroatoms. The van der Waals surface area contributed by atoms with E-state index < -0.39 is 138 Å². The molecule has 0 aliphatic heterocycles. The van der Waals surface area contributed by atoms with Crippen LogP contribution in [0.4, 0.5) is 0 Å². The molecule has 0 fully saturated rings. The average Bonchev–Trinajstić information content (AvgIpc) is 3.82. The van der Waals surface area contributed by atoms with Crippen molar-refractivity contribution in [3.05, 3.63) is 65.9 Å². The van der Waals surface area contributed by atoms with Gasteiger partial charge in [0.1, 0.15) is 60.1 Å². The van der Waals surface area contributed by atoms with Crippen molar-refractivity contribution in [1.29, 1.82) is 0 Å². The topological polar surface area (TPSA) is 500 Å². The van der Waals surface area contributed by atoms with E-state index in [9.17, 15) is 73.5 Å². The zero-order valence-corrected chi connectivity index (χ0v) is 45.4. The first-order valence-electron chi connectivity index (χ1n) is 25.1. The summed E-state index contributed by atoms with van der Waals surface area (Å²) in [6, 6.07) is -1.97. The number of phenolic OH excluding ortho intramolecular Hbond substituents is 1. The van der Waals surface area contributed by atoms with Crippen molar-refractivity contribution in [2.24, 2.45) is 27.9 Å². The Hall–Kier alpha value is -7.71. The number of guanidine groups is 1. The molecule has 0 saturated carbocycles. The Kier molecular flexibility index (Phi) is 28.0. The lowest BCUT2D eigenvalue weighted by Gasteiger charge is -2.28. The van der Waals surface area contributed by atoms with E-state index in [1.54, 1.807) is 30.5 Å². The summed E-state index contributed by atoms with van der Waals surface area (Å²) in [5.74, 6) is -12.5. The third kappa shape index (κ3) is 21.8. The normalized spacial score (nSPS) is 14.8. The first-order chi connectivity index (χ1) is 37.9. The summed E-state index contributed by atoms with van der Waals surface area (Å²) in [6.07, 6.45) is -1.02. The van der Waals surface area contributed by atoms with Crippen LogP contribution in [0.5, 0.6) is 5.75 Å². The van der Waals surface area contributed by atoms with Crippen LogP contribution < -0.4 is 65.5 Å². The number of para-hydroxylation sites is 1. The van der Waals surface area contributed by atoms with Crippen LogP contribution >= 0.6 is 25.3 Å². The molecule has 0 spiro atoms. The van der Waals surface area contributed by atoms with Gasteiger partial charge in [-0.1, -0.05) is 30.3 Å². The van der Waals surface area contributed by atoms with Crippen LogP contribution in [0.1, 0.15) is 56.6 Å². The van der Waals surface area contributed by atoms with E-state index in [1.807, 2.05) is 0 Å². The van der Waals surface area contributed by atoms with Gasteiger partial charge in [-0.3, -0.25) is 48.1 Å². The number of amides is 8. The van der Waals surface area contributed by atoms with Gasteiger partial charge in [0.15, 0.2) is 5.96 Å². The minimum Gasteiger partial charge on any atom is -0.508 e. The number of carboxylic acid groups (broad SMARTS) is 2. The number of carbonyl (C=O) groups excluding carboxylic acids is 8. The SMILES string of the molecule is CC(O)C(NC(=O)C(N)CO)C(=O)NC(CCCN=C(N)N)C(=O)NC(Cc1ccc(O)cc1)C(=O)NC(Cc1c[nH]c2ccccc12)C(=O)NC(CC(=O)O)C(=O)NC(CS)C(=O)NC(CS)C(=O)NC(CCCCN)C(=O)O. The molecule has 8 amide bonds. The van der Waals surface area contributed by atoms with Crippen LogP contribution in [0.2, 0.25) is 0 Å². The highest BCUT2D eigenvalue weighted by atomic mass is 32.1. The molecule has 3 rings (SSSR count). The fourth-order valence-corrected chi connectivity index (χ4v) is 8.26. The molecule has 0 saturated heterocycles.